The molecule has 1 N–H and O–H groups in total. The van der Waals surface area contributed by atoms with Gasteiger partial charge < -0.3 is 5.32 Å². The first-order valence-electron chi connectivity index (χ1n) is 8.59. The lowest BCUT2D eigenvalue weighted by Gasteiger charge is -2.32. The van der Waals surface area contributed by atoms with Gasteiger partial charge in [-0.3, -0.25) is 9.69 Å². The second-order valence-electron chi connectivity index (χ2n) is 6.59. The van der Waals surface area contributed by atoms with Crippen LogP contribution in [0.5, 0.6) is 0 Å². The highest BCUT2D eigenvalue weighted by atomic mass is 35.5. The number of amides is 1. The van der Waals surface area contributed by atoms with Gasteiger partial charge in [0.1, 0.15) is 10.8 Å². The van der Waals surface area contributed by atoms with Crippen LogP contribution >= 0.6 is 22.9 Å². The zero-order valence-electron chi connectivity index (χ0n) is 14.4. The molecule has 146 valence electrons. The van der Waals surface area contributed by atoms with Crippen LogP contribution in [0.15, 0.2) is 29.6 Å². The van der Waals surface area contributed by atoms with Crippen molar-refractivity contribution in [1.82, 2.24) is 15.2 Å². The van der Waals surface area contributed by atoms with Crippen molar-refractivity contribution in [3.05, 3.63) is 50.9 Å². The number of nitrogens with one attached hydrogen (secondary N) is 1. The maximum Gasteiger partial charge on any atom is 0.416 e. The molecular formula is C18H19ClF3N3OS. The molecule has 27 heavy (non-hydrogen) atoms. The summed E-state index contributed by atoms with van der Waals surface area (Å²) in [4.78, 5) is 19.6. The molecular weight excluding hydrogens is 399 g/mol. The highest BCUT2D eigenvalue weighted by Crippen LogP contribution is 2.31. The van der Waals surface area contributed by atoms with E-state index in [1.54, 1.807) is 11.3 Å². The van der Waals surface area contributed by atoms with Crippen molar-refractivity contribution in [2.75, 3.05) is 19.6 Å². The molecule has 2 aromatic rings. The van der Waals surface area contributed by atoms with Gasteiger partial charge in [-0.15, -0.1) is 11.3 Å². The second-order valence-corrected chi connectivity index (χ2v) is 8.01. The number of alkyl halides is 3. The smallest absolute Gasteiger partial charge is 0.350 e. The minimum absolute atomic E-state index is 0.254. The average molecular weight is 418 g/mol. The summed E-state index contributed by atoms with van der Waals surface area (Å²) < 4.78 is 38.6. The van der Waals surface area contributed by atoms with Crippen molar-refractivity contribution in [3.63, 3.8) is 0 Å². The molecule has 1 fully saturated rings. The lowest BCUT2D eigenvalue weighted by Crippen LogP contribution is -2.40. The number of thiophene rings is 1. The molecule has 3 rings (SSSR count). The van der Waals surface area contributed by atoms with Gasteiger partial charge in [0.2, 0.25) is 0 Å². The number of piperidine rings is 1. The maximum absolute atomic E-state index is 12.9. The number of rotatable bonds is 5. The Hall–Kier alpha value is -1.64. The number of likely N-dealkylation sites (tertiary alicyclic amines) is 1. The molecule has 1 aliphatic rings. The summed E-state index contributed by atoms with van der Waals surface area (Å²) in [5.74, 6) is -0.387. The molecule has 0 aromatic carbocycles. The average Bonchev–Trinajstić information content (AvgIpc) is 3.11. The topological polar surface area (TPSA) is 45.2 Å². The van der Waals surface area contributed by atoms with E-state index in [2.05, 4.69) is 21.3 Å². The number of pyridine rings is 1. The summed E-state index contributed by atoms with van der Waals surface area (Å²) >= 11 is 7.35. The number of carbonyl (C=O) groups is 1. The molecule has 0 unspecified atom stereocenters. The van der Waals surface area contributed by atoms with Crippen molar-refractivity contribution in [1.29, 1.82) is 0 Å². The van der Waals surface area contributed by atoms with Crippen LogP contribution in [-0.4, -0.2) is 35.4 Å². The Labute approximate surface area is 164 Å². The lowest BCUT2D eigenvalue weighted by molar-refractivity contribution is -0.137. The Morgan fingerprint density at radius 1 is 1.41 bits per heavy atom. The Balaban J connectivity index is 1.56. The molecule has 0 aliphatic carbocycles. The van der Waals surface area contributed by atoms with Crippen LogP contribution in [0.1, 0.15) is 33.8 Å². The van der Waals surface area contributed by atoms with E-state index in [4.69, 9.17) is 11.6 Å². The number of halogens is 4. The van der Waals surface area contributed by atoms with Crippen LogP contribution < -0.4 is 5.32 Å². The normalized spacial score (nSPS) is 18.4. The number of carbonyl (C=O) groups excluding carboxylic acids is 1. The number of hydrogen-bond acceptors (Lipinski definition) is 4. The molecule has 0 radical (unpaired) electrons. The summed E-state index contributed by atoms with van der Waals surface area (Å²) in [6.45, 7) is 3.13. The largest absolute Gasteiger partial charge is 0.416 e. The molecule has 1 aliphatic heterocycles. The predicted molar refractivity (Wildman–Crippen MR) is 98.9 cm³/mol. The van der Waals surface area contributed by atoms with Crippen LogP contribution in [0, 0.1) is 5.92 Å². The van der Waals surface area contributed by atoms with Gasteiger partial charge in [0, 0.05) is 24.5 Å². The number of hydrogen-bond donors (Lipinski definition) is 1. The molecule has 4 nitrogen and oxygen atoms in total. The van der Waals surface area contributed by atoms with E-state index in [0.717, 1.165) is 38.5 Å². The second kappa shape index (κ2) is 8.58. The van der Waals surface area contributed by atoms with E-state index < -0.39 is 17.6 Å². The van der Waals surface area contributed by atoms with Gasteiger partial charge in [0.05, 0.1) is 5.56 Å². The van der Waals surface area contributed by atoms with Crippen LogP contribution in [0.2, 0.25) is 5.15 Å². The fourth-order valence-corrected chi connectivity index (χ4v) is 4.14. The van der Waals surface area contributed by atoms with Gasteiger partial charge in [0.25, 0.3) is 5.91 Å². The highest BCUT2D eigenvalue weighted by molar-refractivity contribution is 7.09. The molecule has 2 aromatic heterocycles. The van der Waals surface area contributed by atoms with E-state index in [9.17, 15) is 18.0 Å². The van der Waals surface area contributed by atoms with Gasteiger partial charge in [-0.05, 0) is 48.9 Å². The molecule has 3 heterocycles. The third-order valence-electron chi connectivity index (χ3n) is 4.47. The van der Waals surface area contributed by atoms with Crippen molar-refractivity contribution in [2.24, 2.45) is 5.92 Å². The molecule has 1 saturated heterocycles. The third kappa shape index (κ3) is 5.67. The van der Waals surface area contributed by atoms with Crippen LogP contribution in [-0.2, 0) is 12.7 Å². The number of aromatic nitrogens is 1. The first-order chi connectivity index (χ1) is 12.8. The zero-order valence-corrected chi connectivity index (χ0v) is 16.0. The molecule has 0 bridgehead atoms. The van der Waals surface area contributed by atoms with Crippen molar-refractivity contribution >= 4 is 28.8 Å². The van der Waals surface area contributed by atoms with Gasteiger partial charge in [0.15, 0.2) is 0 Å². The van der Waals surface area contributed by atoms with Crippen LogP contribution in [0.4, 0.5) is 13.2 Å². The van der Waals surface area contributed by atoms with Crippen molar-refractivity contribution < 1.29 is 18.0 Å². The molecule has 1 atom stereocenters. The van der Waals surface area contributed by atoms with Gasteiger partial charge in [-0.1, -0.05) is 17.7 Å². The standard InChI is InChI=1S/C18H19ClF3N3OS/c19-16-8-13(18(20,21)22)7-15(24-16)17(26)23-9-12-3-1-5-25(10-12)11-14-4-2-6-27-14/h2,4,6-8,12H,1,3,5,9-11H2,(H,23,26)/t12-/m0/s1. The minimum atomic E-state index is -4.58. The maximum atomic E-state index is 12.9. The Bertz CT molecular complexity index is 783. The van der Waals surface area contributed by atoms with Crippen molar-refractivity contribution in [3.8, 4) is 0 Å². The summed E-state index contributed by atoms with van der Waals surface area (Å²) in [7, 11) is 0. The highest BCUT2D eigenvalue weighted by Gasteiger charge is 2.32. The fraction of sp³-hybridized carbons (Fsp3) is 0.444. The fourth-order valence-electron chi connectivity index (χ4n) is 3.19. The van der Waals surface area contributed by atoms with Crippen LogP contribution in [0.3, 0.4) is 0 Å². The van der Waals surface area contributed by atoms with E-state index in [1.165, 1.54) is 4.88 Å². The Morgan fingerprint density at radius 3 is 2.93 bits per heavy atom. The Morgan fingerprint density at radius 2 is 2.22 bits per heavy atom. The first kappa shape index (κ1) is 20.1. The molecule has 1 amide bonds. The third-order valence-corrected chi connectivity index (χ3v) is 5.52. The van der Waals surface area contributed by atoms with Gasteiger partial charge >= 0.3 is 6.18 Å². The minimum Gasteiger partial charge on any atom is -0.350 e. The van der Waals surface area contributed by atoms with Gasteiger partial charge in [-0.2, -0.15) is 13.2 Å². The quantitative estimate of drug-likeness (QED) is 0.731. The summed E-state index contributed by atoms with van der Waals surface area (Å²) in [5.41, 5.74) is -1.30. The van der Waals surface area contributed by atoms with E-state index in [1.807, 2.05) is 11.4 Å². The molecule has 0 spiro atoms. The molecule has 0 saturated carbocycles. The zero-order chi connectivity index (χ0) is 19.4. The monoisotopic (exact) mass is 417 g/mol. The lowest BCUT2D eigenvalue weighted by atomic mass is 9.98. The SMILES string of the molecule is O=C(NC[C@@H]1CCCN(Cc2cccs2)C1)c1cc(C(F)(F)F)cc(Cl)n1. The summed E-state index contributed by atoms with van der Waals surface area (Å²) in [6.07, 6.45) is -2.58. The van der Waals surface area contributed by atoms with E-state index in [0.29, 0.717) is 12.6 Å². The van der Waals surface area contributed by atoms with E-state index in [-0.39, 0.29) is 16.8 Å². The number of nitrogens with zero attached hydrogens (tertiary/aromatic N) is 2. The summed E-state index contributed by atoms with van der Waals surface area (Å²) in [6, 6.07) is 5.56. The van der Waals surface area contributed by atoms with E-state index >= 15 is 0 Å². The molecule has 9 heteroatoms. The predicted octanol–water partition coefficient (Wildman–Crippen LogP) is 4.46. The Kier molecular flexibility index (Phi) is 6.39. The summed E-state index contributed by atoms with van der Waals surface area (Å²) in [5, 5.41) is 4.40. The van der Waals surface area contributed by atoms with Crippen LogP contribution in [0.25, 0.3) is 0 Å². The first-order valence-corrected chi connectivity index (χ1v) is 9.85. The van der Waals surface area contributed by atoms with Crippen molar-refractivity contribution in [2.45, 2.75) is 25.6 Å². The van der Waals surface area contributed by atoms with Gasteiger partial charge in [-0.25, -0.2) is 4.98 Å².